The van der Waals surface area contributed by atoms with Crippen LogP contribution in [0, 0.1) is 0 Å². The quantitative estimate of drug-likeness (QED) is 0.744. The Bertz CT molecular complexity index is 536. The fourth-order valence-corrected chi connectivity index (χ4v) is 2.77. The van der Waals surface area contributed by atoms with Crippen LogP contribution < -0.4 is 10.6 Å². The molecule has 0 heterocycles. The number of aryl methyl sites for hydroxylation is 1. The molecule has 5 heteroatoms. The largest absolute Gasteiger partial charge is 0.388 e. The Labute approximate surface area is 131 Å². The van der Waals surface area contributed by atoms with Gasteiger partial charge in [0.15, 0.2) is 0 Å². The molecule has 0 radical (unpaired) electrons. The van der Waals surface area contributed by atoms with Crippen molar-refractivity contribution in [1.29, 1.82) is 0 Å². The Balaban J connectivity index is 1.85. The molecule has 0 aromatic heterocycles. The van der Waals surface area contributed by atoms with Gasteiger partial charge < -0.3 is 15.7 Å². The highest BCUT2D eigenvalue weighted by molar-refractivity contribution is 6.39. The van der Waals surface area contributed by atoms with Crippen molar-refractivity contribution in [2.45, 2.75) is 51.0 Å². The molecule has 2 rings (SSSR count). The van der Waals surface area contributed by atoms with Gasteiger partial charge in [0.25, 0.3) is 0 Å². The number of hydrogen-bond donors (Lipinski definition) is 3. The van der Waals surface area contributed by atoms with Gasteiger partial charge in [0.1, 0.15) is 0 Å². The van der Waals surface area contributed by atoms with Crippen LogP contribution in [0.15, 0.2) is 24.3 Å². The molecule has 1 fully saturated rings. The molecular formula is C17H24N2O3. The molecule has 120 valence electrons. The number of benzene rings is 1. The molecule has 5 nitrogen and oxygen atoms in total. The fraction of sp³-hybridized carbons (Fsp3) is 0.529. The van der Waals surface area contributed by atoms with E-state index in [1.807, 2.05) is 25.1 Å². The molecule has 2 amide bonds. The maximum atomic E-state index is 11.9. The van der Waals surface area contributed by atoms with E-state index in [4.69, 9.17) is 0 Å². The van der Waals surface area contributed by atoms with Crippen molar-refractivity contribution in [2.24, 2.45) is 0 Å². The third-order valence-electron chi connectivity index (χ3n) is 4.16. The average molecular weight is 304 g/mol. The molecule has 1 aromatic carbocycles. The molecule has 0 bridgehead atoms. The molecule has 0 unspecified atom stereocenters. The molecule has 3 N–H and O–H groups in total. The van der Waals surface area contributed by atoms with Crippen molar-refractivity contribution in [1.82, 2.24) is 5.32 Å². The second-order valence-corrected chi connectivity index (χ2v) is 5.98. The molecule has 1 saturated carbocycles. The van der Waals surface area contributed by atoms with Gasteiger partial charge in [-0.15, -0.1) is 0 Å². The minimum Gasteiger partial charge on any atom is -0.388 e. The summed E-state index contributed by atoms with van der Waals surface area (Å²) >= 11 is 0. The molecule has 1 aromatic rings. The van der Waals surface area contributed by atoms with Gasteiger partial charge in [-0.05, 0) is 37.0 Å². The lowest BCUT2D eigenvalue weighted by Crippen LogP contribution is -2.47. The van der Waals surface area contributed by atoms with Crippen LogP contribution in [0.4, 0.5) is 5.69 Å². The molecule has 22 heavy (non-hydrogen) atoms. The maximum absolute atomic E-state index is 11.9. The average Bonchev–Trinajstić information content (AvgIpc) is 2.53. The summed E-state index contributed by atoms with van der Waals surface area (Å²) in [5, 5.41) is 15.4. The summed E-state index contributed by atoms with van der Waals surface area (Å²) in [6, 6.07) is 7.41. The SMILES string of the molecule is CCc1cccc(NC(=O)C(=O)NCC2(O)CCCCC2)c1. The number of carbonyl (C=O) groups excluding carboxylic acids is 2. The zero-order valence-electron chi connectivity index (χ0n) is 13.0. The highest BCUT2D eigenvalue weighted by Gasteiger charge is 2.30. The van der Waals surface area contributed by atoms with Gasteiger partial charge in [0.05, 0.1) is 5.60 Å². The minimum atomic E-state index is -0.865. The third kappa shape index (κ3) is 4.56. The Kier molecular flexibility index (Phi) is 5.55. The van der Waals surface area contributed by atoms with E-state index < -0.39 is 17.4 Å². The summed E-state index contributed by atoms with van der Waals surface area (Å²) in [4.78, 5) is 23.7. The van der Waals surface area contributed by atoms with Crippen LogP contribution in [-0.4, -0.2) is 29.1 Å². The number of rotatable bonds is 4. The maximum Gasteiger partial charge on any atom is 0.313 e. The molecule has 0 saturated heterocycles. The van der Waals surface area contributed by atoms with Crippen molar-refractivity contribution in [3.8, 4) is 0 Å². The normalized spacial score (nSPS) is 16.8. The topological polar surface area (TPSA) is 78.4 Å². The van der Waals surface area contributed by atoms with Gasteiger partial charge in [-0.3, -0.25) is 9.59 Å². The molecule has 1 aliphatic rings. The first-order valence-corrected chi connectivity index (χ1v) is 7.93. The number of hydrogen-bond acceptors (Lipinski definition) is 3. The van der Waals surface area contributed by atoms with Crippen LogP contribution in [0.3, 0.4) is 0 Å². The molecule has 0 atom stereocenters. The van der Waals surface area contributed by atoms with Crippen molar-refractivity contribution < 1.29 is 14.7 Å². The Morgan fingerprint density at radius 2 is 1.91 bits per heavy atom. The van der Waals surface area contributed by atoms with E-state index in [2.05, 4.69) is 10.6 Å². The van der Waals surface area contributed by atoms with E-state index in [9.17, 15) is 14.7 Å². The standard InChI is InChI=1S/C17H24N2O3/c1-2-13-7-6-8-14(11-13)19-16(21)15(20)18-12-17(22)9-4-3-5-10-17/h6-8,11,22H,2-5,9-10,12H2,1H3,(H,18,20)(H,19,21). The Hall–Kier alpha value is -1.88. The van der Waals surface area contributed by atoms with Crippen LogP contribution in [0.5, 0.6) is 0 Å². The summed E-state index contributed by atoms with van der Waals surface area (Å²) in [5.74, 6) is -1.41. The van der Waals surface area contributed by atoms with E-state index in [-0.39, 0.29) is 6.54 Å². The van der Waals surface area contributed by atoms with Gasteiger partial charge in [-0.2, -0.15) is 0 Å². The lowest BCUT2D eigenvalue weighted by atomic mass is 9.85. The molecule has 0 spiro atoms. The molecule has 0 aliphatic heterocycles. The second kappa shape index (κ2) is 7.40. The summed E-state index contributed by atoms with van der Waals surface area (Å²) in [5.41, 5.74) is 0.835. The van der Waals surface area contributed by atoms with Crippen molar-refractivity contribution >= 4 is 17.5 Å². The number of aliphatic hydroxyl groups is 1. The fourth-order valence-electron chi connectivity index (χ4n) is 2.77. The van der Waals surface area contributed by atoms with E-state index in [1.54, 1.807) is 6.07 Å². The Morgan fingerprint density at radius 1 is 1.18 bits per heavy atom. The van der Waals surface area contributed by atoms with Crippen LogP contribution in [0.1, 0.15) is 44.6 Å². The lowest BCUT2D eigenvalue weighted by Gasteiger charge is -2.31. The summed E-state index contributed by atoms with van der Waals surface area (Å²) in [6.45, 7) is 2.16. The van der Waals surface area contributed by atoms with Crippen LogP contribution >= 0.6 is 0 Å². The van der Waals surface area contributed by atoms with Crippen LogP contribution in [0.25, 0.3) is 0 Å². The van der Waals surface area contributed by atoms with E-state index in [1.165, 1.54) is 0 Å². The first-order chi connectivity index (χ1) is 10.5. The van der Waals surface area contributed by atoms with Gasteiger partial charge in [0.2, 0.25) is 0 Å². The number of amides is 2. The predicted octanol–water partition coefficient (Wildman–Crippen LogP) is 2.00. The Morgan fingerprint density at radius 3 is 2.59 bits per heavy atom. The van der Waals surface area contributed by atoms with Crippen molar-refractivity contribution in [3.05, 3.63) is 29.8 Å². The van der Waals surface area contributed by atoms with E-state index in [0.29, 0.717) is 18.5 Å². The third-order valence-corrected chi connectivity index (χ3v) is 4.16. The van der Waals surface area contributed by atoms with Gasteiger partial charge in [0, 0.05) is 12.2 Å². The van der Waals surface area contributed by atoms with Gasteiger partial charge in [-0.25, -0.2) is 0 Å². The predicted molar refractivity (Wildman–Crippen MR) is 85.5 cm³/mol. The molecule has 1 aliphatic carbocycles. The van der Waals surface area contributed by atoms with Crippen LogP contribution in [-0.2, 0) is 16.0 Å². The highest BCUT2D eigenvalue weighted by Crippen LogP contribution is 2.27. The van der Waals surface area contributed by atoms with Crippen LogP contribution in [0.2, 0.25) is 0 Å². The first kappa shape index (κ1) is 16.5. The minimum absolute atomic E-state index is 0.133. The van der Waals surface area contributed by atoms with Crippen molar-refractivity contribution in [2.75, 3.05) is 11.9 Å². The molecular weight excluding hydrogens is 280 g/mol. The summed E-state index contributed by atoms with van der Waals surface area (Å²) in [6.07, 6.45) is 5.25. The lowest BCUT2D eigenvalue weighted by molar-refractivity contribution is -0.137. The second-order valence-electron chi connectivity index (χ2n) is 5.98. The van der Waals surface area contributed by atoms with E-state index >= 15 is 0 Å². The van der Waals surface area contributed by atoms with E-state index in [0.717, 1.165) is 31.2 Å². The summed E-state index contributed by atoms with van der Waals surface area (Å²) < 4.78 is 0. The zero-order valence-corrected chi connectivity index (χ0v) is 13.0. The van der Waals surface area contributed by atoms with Gasteiger partial charge >= 0.3 is 11.8 Å². The van der Waals surface area contributed by atoms with Gasteiger partial charge in [-0.1, -0.05) is 38.3 Å². The number of carbonyl (C=O) groups is 2. The highest BCUT2D eigenvalue weighted by atomic mass is 16.3. The monoisotopic (exact) mass is 304 g/mol. The number of nitrogens with one attached hydrogen (secondary N) is 2. The number of anilines is 1. The first-order valence-electron chi connectivity index (χ1n) is 7.93. The van der Waals surface area contributed by atoms with Crippen molar-refractivity contribution in [3.63, 3.8) is 0 Å². The smallest absolute Gasteiger partial charge is 0.313 e. The summed E-state index contributed by atoms with van der Waals surface area (Å²) in [7, 11) is 0. The zero-order chi connectivity index (χ0) is 16.0.